The molecule has 1 amide bonds. The molecule has 0 aromatic carbocycles. The Balaban J connectivity index is 0.00000361. The van der Waals surface area contributed by atoms with Gasteiger partial charge in [-0.25, -0.2) is 0 Å². The summed E-state index contributed by atoms with van der Waals surface area (Å²) in [5.41, 5.74) is 0. The number of carbonyl (C=O) groups is 1. The maximum atomic E-state index is 11.6. The first-order valence-electron chi connectivity index (χ1n) is 7.46. The molecule has 1 atom stereocenters. The van der Waals surface area contributed by atoms with Gasteiger partial charge in [-0.1, -0.05) is 26.7 Å². The number of halogens is 1. The van der Waals surface area contributed by atoms with Gasteiger partial charge >= 0.3 is 0 Å². The van der Waals surface area contributed by atoms with Crippen molar-refractivity contribution in [2.75, 3.05) is 26.7 Å². The second kappa shape index (κ2) is 11.2. The van der Waals surface area contributed by atoms with Crippen LogP contribution in [0.3, 0.4) is 0 Å². The molecule has 0 aliphatic carbocycles. The molecule has 20 heavy (non-hydrogen) atoms. The van der Waals surface area contributed by atoms with Crippen molar-refractivity contribution in [3.8, 4) is 0 Å². The van der Waals surface area contributed by atoms with Crippen LogP contribution in [0.15, 0.2) is 4.99 Å². The molecule has 1 unspecified atom stereocenters. The molecule has 1 aliphatic rings. The van der Waals surface area contributed by atoms with E-state index in [1.54, 1.807) is 7.05 Å². The minimum Gasteiger partial charge on any atom is -0.356 e. The first kappa shape index (κ1) is 19.5. The summed E-state index contributed by atoms with van der Waals surface area (Å²) in [6.07, 6.45) is 5.23. The van der Waals surface area contributed by atoms with Crippen molar-refractivity contribution < 1.29 is 4.79 Å². The number of nitrogens with one attached hydrogen (secondary N) is 2. The standard InChI is InChI=1S/C14H28N4O.HI/c1-4-6-7-9-16-14(15-3)17-12-8-10-18(11-12)13(19)5-2;/h12H,4-11H2,1-3H3,(H2,15,16,17);1H. The van der Waals surface area contributed by atoms with Gasteiger partial charge < -0.3 is 15.5 Å². The predicted molar refractivity (Wildman–Crippen MR) is 94.7 cm³/mol. The summed E-state index contributed by atoms with van der Waals surface area (Å²) < 4.78 is 0. The third kappa shape index (κ3) is 6.76. The topological polar surface area (TPSA) is 56.7 Å². The summed E-state index contributed by atoms with van der Waals surface area (Å²) in [6, 6.07) is 0.327. The van der Waals surface area contributed by atoms with Gasteiger partial charge in [0, 0.05) is 39.1 Å². The summed E-state index contributed by atoms with van der Waals surface area (Å²) in [5, 5.41) is 6.72. The highest BCUT2D eigenvalue weighted by Gasteiger charge is 2.25. The second-order valence-corrected chi connectivity index (χ2v) is 5.03. The number of carbonyl (C=O) groups excluding carboxylic acids is 1. The lowest BCUT2D eigenvalue weighted by atomic mass is 10.2. The molecule has 2 N–H and O–H groups in total. The maximum absolute atomic E-state index is 11.6. The minimum absolute atomic E-state index is 0. The molecule has 0 bridgehead atoms. The average Bonchev–Trinajstić information content (AvgIpc) is 2.89. The lowest BCUT2D eigenvalue weighted by molar-refractivity contribution is -0.129. The van der Waals surface area contributed by atoms with Crippen molar-refractivity contribution in [1.82, 2.24) is 15.5 Å². The number of amides is 1. The van der Waals surface area contributed by atoms with Crippen LogP contribution in [-0.4, -0.2) is 49.5 Å². The van der Waals surface area contributed by atoms with Crippen LogP contribution in [0.4, 0.5) is 0 Å². The third-order valence-corrected chi connectivity index (χ3v) is 3.48. The molecule has 6 heteroatoms. The molecule has 0 radical (unpaired) electrons. The van der Waals surface area contributed by atoms with E-state index in [0.717, 1.165) is 32.0 Å². The highest BCUT2D eigenvalue weighted by molar-refractivity contribution is 14.0. The number of nitrogens with zero attached hydrogens (tertiary/aromatic N) is 2. The van der Waals surface area contributed by atoms with E-state index in [-0.39, 0.29) is 29.9 Å². The van der Waals surface area contributed by atoms with Gasteiger partial charge in [-0.05, 0) is 12.8 Å². The first-order chi connectivity index (χ1) is 9.21. The number of guanidine groups is 1. The van der Waals surface area contributed by atoms with E-state index in [1.807, 2.05) is 11.8 Å². The average molecular weight is 396 g/mol. The van der Waals surface area contributed by atoms with Crippen molar-refractivity contribution in [3.05, 3.63) is 0 Å². The molecule has 0 spiro atoms. The van der Waals surface area contributed by atoms with E-state index in [2.05, 4.69) is 22.5 Å². The van der Waals surface area contributed by atoms with E-state index < -0.39 is 0 Å². The van der Waals surface area contributed by atoms with Crippen LogP contribution in [0.25, 0.3) is 0 Å². The molecule has 0 aromatic rings. The number of likely N-dealkylation sites (tertiary alicyclic amines) is 1. The zero-order chi connectivity index (χ0) is 14.1. The van der Waals surface area contributed by atoms with Crippen LogP contribution >= 0.6 is 24.0 Å². The molecule has 1 rings (SSSR count). The van der Waals surface area contributed by atoms with E-state index in [0.29, 0.717) is 12.5 Å². The second-order valence-electron chi connectivity index (χ2n) is 5.03. The SMILES string of the molecule is CCCCCNC(=NC)NC1CCN(C(=O)CC)C1.I. The maximum Gasteiger partial charge on any atom is 0.222 e. The monoisotopic (exact) mass is 396 g/mol. The van der Waals surface area contributed by atoms with E-state index >= 15 is 0 Å². The first-order valence-corrected chi connectivity index (χ1v) is 7.46. The Morgan fingerprint density at radius 1 is 1.35 bits per heavy atom. The highest BCUT2D eigenvalue weighted by atomic mass is 127. The van der Waals surface area contributed by atoms with Crippen LogP contribution in [0, 0.1) is 0 Å². The smallest absolute Gasteiger partial charge is 0.222 e. The van der Waals surface area contributed by atoms with Crippen molar-refractivity contribution in [2.24, 2.45) is 4.99 Å². The van der Waals surface area contributed by atoms with Gasteiger partial charge in [0.25, 0.3) is 0 Å². The highest BCUT2D eigenvalue weighted by Crippen LogP contribution is 2.10. The van der Waals surface area contributed by atoms with Crippen LogP contribution < -0.4 is 10.6 Å². The largest absolute Gasteiger partial charge is 0.356 e. The van der Waals surface area contributed by atoms with E-state index in [9.17, 15) is 4.79 Å². The molecule has 1 saturated heterocycles. The molecule has 0 aromatic heterocycles. The summed E-state index contributed by atoms with van der Waals surface area (Å²) in [4.78, 5) is 17.8. The van der Waals surface area contributed by atoms with Crippen molar-refractivity contribution in [1.29, 1.82) is 0 Å². The molecule has 0 saturated carbocycles. The van der Waals surface area contributed by atoms with E-state index in [4.69, 9.17) is 0 Å². The Hall–Kier alpha value is -0.530. The molecular weight excluding hydrogens is 367 g/mol. The van der Waals surface area contributed by atoms with Gasteiger partial charge in [0.2, 0.25) is 5.91 Å². The Labute approximate surface area is 140 Å². The fraction of sp³-hybridized carbons (Fsp3) is 0.857. The zero-order valence-electron chi connectivity index (χ0n) is 12.9. The number of hydrogen-bond donors (Lipinski definition) is 2. The van der Waals surface area contributed by atoms with Crippen LogP contribution in [0.1, 0.15) is 46.0 Å². The Bertz CT molecular complexity index is 310. The van der Waals surface area contributed by atoms with Crippen LogP contribution in [-0.2, 0) is 4.79 Å². The van der Waals surface area contributed by atoms with Gasteiger partial charge in [-0.2, -0.15) is 0 Å². The van der Waals surface area contributed by atoms with Gasteiger partial charge in [0.05, 0.1) is 0 Å². The minimum atomic E-state index is 0. The Morgan fingerprint density at radius 3 is 2.70 bits per heavy atom. The van der Waals surface area contributed by atoms with Gasteiger partial charge in [-0.3, -0.25) is 9.79 Å². The van der Waals surface area contributed by atoms with Crippen LogP contribution in [0.5, 0.6) is 0 Å². The summed E-state index contributed by atoms with van der Waals surface area (Å²) in [7, 11) is 1.79. The van der Waals surface area contributed by atoms with Gasteiger partial charge in [0.15, 0.2) is 5.96 Å². The Morgan fingerprint density at radius 2 is 2.10 bits per heavy atom. The fourth-order valence-corrected chi connectivity index (χ4v) is 2.30. The van der Waals surface area contributed by atoms with Gasteiger partial charge in [-0.15, -0.1) is 24.0 Å². The van der Waals surface area contributed by atoms with Crippen molar-refractivity contribution in [3.63, 3.8) is 0 Å². The molecule has 1 heterocycles. The summed E-state index contributed by atoms with van der Waals surface area (Å²) in [6.45, 7) is 6.72. The number of rotatable bonds is 6. The molecule has 5 nitrogen and oxygen atoms in total. The van der Waals surface area contributed by atoms with E-state index in [1.165, 1.54) is 19.3 Å². The Kier molecular flexibility index (Phi) is 10.9. The quantitative estimate of drug-likeness (QED) is 0.313. The number of hydrogen-bond acceptors (Lipinski definition) is 2. The van der Waals surface area contributed by atoms with Crippen molar-refractivity contribution in [2.45, 2.75) is 52.0 Å². The van der Waals surface area contributed by atoms with Crippen LogP contribution in [0.2, 0.25) is 0 Å². The summed E-state index contributed by atoms with van der Waals surface area (Å²) >= 11 is 0. The van der Waals surface area contributed by atoms with Crippen molar-refractivity contribution >= 4 is 35.8 Å². The number of unbranched alkanes of at least 4 members (excludes halogenated alkanes) is 2. The fourth-order valence-electron chi connectivity index (χ4n) is 2.30. The molecule has 118 valence electrons. The molecular formula is C14H29IN4O. The molecule has 1 aliphatic heterocycles. The number of aliphatic imine (C=N–C) groups is 1. The predicted octanol–water partition coefficient (Wildman–Crippen LogP) is 1.97. The van der Waals surface area contributed by atoms with Gasteiger partial charge in [0.1, 0.15) is 0 Å². The molecule has 1 fully saturated rings. The lowest BCUT2D eigenvalue weighted by Crippen LogP contribution is -2.45. The third-order valence-electron chi connectivity index (χ3n) is 3.48. The zero-order valence-corrected chi connectivity index (χ0v) is 15.3. The normalized spacial score (nSPS) is 18.6. The summed E-state index contributed by atoms with van der Waals surface area (Å²) in [5.74, 6) is 1.10. The lowest BCUT2D eigenvalue weighted by Gasteiger charge is -2.18.